The molecule has 1 atom stereocenters. The van der Waals surface area contributed by atoms with Crippen molar-refractivity contribution in [2.75, 3.05) is 40.5 Å². The Morgan fingerprint density at radius 2 is 1.66 bits per heavy atom. The number of hydrogen-bond donors (Lipinski definition) is 0. The molecule has 1 aliphatic heterocycles. The Hall–Kier alpha value is -2.41. The van der Waals surface area contributed by atoms with Gasteiger partial charge in [0, 0.05) is 24.2 Å². The molecule has 0 radical (unpaired) electrons. The highest BCUT2D eigenvalue weighted by Gasteiger charge is 2.27. The third-order valence-corrected chi connectivity index (χ3v) is 6.12. The maximum Gasteiger partial charge on any atom is 0.161 e. The highest BCUT2D eigenvalue weighted by Crippen LogP contribution is 2.37. The second-order valence-electron chi connectivity index (χ2n) is 6.83. The average molecular weight is 411 g/mol. The van der Waals surface area contributed by atoms with E-state index in [4.69, 9.17) is 14.2 Å². The zero-order valence-corrected chi connectivity index (χ0v) is 17.6. The van der Waals surface area contributed by atoms with Crippen molar-refractivity contribution in [2.24, 2.45) is 0 Å². The quantitative estimate of drug-likeness (QED) is 0.574. The maximum absolute atomic E-state index is 5.61. The summed E-state index contributed by atoms with van der Waals surface area (Å²) in [5.74, 6) is 1.49. The van der Waals surface area contributed by atoms with Crippen molar-refractivity contribution in [3.8, 4) is 11.5 Å². The molecule has 6 heteroatoms. The van der Waals surface area contributed by atoms with Crippen LogP contribution in [0.5, 0.6) is 11.5 Å². The third kappa shape index (κ3) is 4.45. The maximum atomic E-state index is 5.61. The molecule has 1 aliphatic rings. The lowest BCUT2D eigenvalue weighted by atomic mass is 10.0. The van der Waals surface area contributed by atoms with Gasteiger partial charge in [0.25, 0.3) is 0 Å². The minimum absolute atomic E-state index is 0.102. The Balaban J connectivity index is 1.73. The summed E-state index contributed by atoms with van der Waals surface area (Å²) in [4.78, 5) is 3.68. The predicted molar refractivity (Wildman–Crippen MR) is 116 cm³/mol. The fraction of sp³-hybridized carbons (Fsp3) is 0.304. The Labute approximate surface area is 176 Å². The van der Waals surface area contributed by atoms with Gasteiger partial charge in [-0.3, -0.25) is 8.87 Å². The molecule has 1 aromatic heterocycles. The molecular weight excluding hydrogens is 384 g/mol. The third-order valence-electron chi connectivity index (χ3n) is 5.10. The Morgan fingerprint density at radius 1 is 0.897 bits per heavy atom. The van der Waals surface area contributed by atoms with Crippen molar-refractivity contribution in [1.29, 1.82) is 0 Å². The van der Waals surface area contributed by atoms with Crippen LogP contribution in [0.1, 0.15) is 17.3 Å². The van der Waals surface area contributed by atoms with Crippen molar-refractivity contribution in [2.45, 2.75) is 10.9 Å². The van der Waals surface area contributed by atoms with Crippen LogP contribution < -0.4 is 9.47 Å². The second kappa shape index (κ2) is 9.39. The van der Waals surface area contributed by atoms with Crippen LogP contribution in [0.15, 0.2) is 71.8 Å². The molecular formula is C23H26N2O3S. The van der Waals surface area contributed by atoms with Crippen molar-refractivity contribution < 1.29 is 14.2 Å². The molecule has 0 saturated carbocycles. The topological polar surface area (TPSA) is 35.9 Å². The van der Waals surface area contributed by atoms with Gasteiger partial charge in [-0.1, -0.05) is 24.3 Å². The van der Waals surface area contributed by atoms with Gasteiger partial charge >= 0.3 is 0 Å². The molecule has 2 aromatic carbocycles. The van der Waals surface area contributed by atoms with Crippen molar-refractivity contribution >= 4 is 11.9 Å². The average Bonchev–Trinajstić information content (AvgIpc) is 3.23. The zero-order chi connectivity index (χ0) is 20.1. The summed E-state index contributed by atoms with van der Waals surface area (Å²) in [5.41, 5.74) is 2.41. The molecule has 2 heterocycles. The Kier molecular flexibility index (Phi) is 6.44. The Bertz CT molecular complexity index is 923. The molecule has 3 aromatic rings. The van der Waals surface area contributed by atoms with E-state index in [1.54, 1.807) is 26.2 Å². The van der Waals surface area contributed by atoms with Gasteiger partial charge in [0.05, 0.1) is 39.2 Å². The van der Waals surface area contributed by atoms with E-state index in [9.17, 15) is 0 Å². The minimum Gasteiger partial charge on any atom is -0.493 e. The van der Waals surface area contributed by atoms with Gasteiger partial charge < -0.3 is 14.2 Å². The molecule has 5 nitrogen and oxygen atoms in total. The van der Waals surface area contributed by atoms with Gasteiger partial charge in [0.2, 0.25) is 0 Å². The lowest BCUT2D eigenvalue weighted by Crippen LogP contribution is -2.40. The molecule has 4 rings (SSSR count). The summed E-state index contributed by atoms with van der Waals surface area (Å²) in [5, 5.41) is 0. The number of nitrogens with zero attached hydrogens (tertiary/aromatic N) is 2. The van der Waals surface area contributed by atoms with Crippen LogP contribution in [0.25, 0.3) is 0 Å². The summed E-state index contributed by atoms with van der Waals surface area (Å²) >= 11 is 1.73. The van der Waals surface area contributed by atoms with Crippen molar-refractivity contribution in [3.05, 3.63) is 78.1 Å². The van der Waals surface area contributed by atoms with Crippen LogP contribution in [-0.2, 0) is 4.74 Å². The second-order valence-corrected chi connectivity index (χ2v) is 7.88. The Morgan fingerprint density at radius 3 is 2.38 bits per heavy atom. The zero-order valence-electron chi connectivity index (χ0n) is 16.8. The van der Waals surface area contributed by atoms with E-state index < -0.39 is 0 Å². The first-order valence-corrected chi connectivity index (χ1v) is 10.5. The van der Waals surface area contributed by atoms with Gasteiger partial charge in [-0.05, 0) is 53.9 Å². The lowest BCUT2D eigenvalue weighted by Gasteiger charge is -2.35. The highest BCUT2D eigenvalue weighted by atomic mass is 32.2. The molecule has 1 unspecified atom stereocenters. The largest absolute Gasteiger partial charge is 0.493 e. The van der Waals surface area contributed by atoms with Crippen LogP contribution in [0.2, 0.25) is 0 Å². The van der Waals surface area contributed by atoms with E-state index in [0.29, 0.717) is 0 Å². The highest BCUT2D eigenvalue weighted by molar-refractivity contribution is 7.97. The number of rotatable bonds is 7. The van der Waals surface area contributed by atoms with Gasteiger partial charge in [-0.15, -0.1) is 0 Å². The van der Waals surface area contributed by atoms with Crippen molar-refractivity contribution in [1.82, 2.24) is 8.87 Å². The van der Waals surface area contributed by atoms with E-state index in [0.717, 1.165) is 37.8 Å². The summed E-state index contributed by atoms with van der Waals surface area (Å²) in [7, 11) is 3.35. The van der Waals surface area contributed by atoms with Gasteiger partial charge in [0.1, 0.15) is 0 Å². The molecule has 1 saturated heterocycles. The van der Waals surface area contributed by atoms with Crippen molar-refractivity contribution in [3.63, 3.8) is 0 Å². The van der Waals surface area contributed by atoms with E-state index in [-0.39, 0.29) is 6.04 Å². The van der Waals surface area contributed by atoms with E-state index in [1.807, 2.05) is 12.1 Å². The number of morpholine rings is 1. The monoisotopic (exact) mass is 410 g/mol. The SMILES string of the molecule is COc1ccc(C(c2cccn2Sc2ccccc2)N2CCOCC2)cc1OC. The lowest BCUT2D eigenvalue weighted by molar-refractivity contribution is 0.0231. The van der Waals surface area contributed by atoms with Crippen LogP contribution in [-0.4, -0.2) is 49.4 Å². The molecule has 0 amide bonds. The number of aromatic nitrogens is 1. The number of hydrogen-bond acceptors (Lipinski definition) is 5. The molecule has 0 N–H and O–H groups in total. The van der Waals surface area contributed by atoms with Gasteiger partial charge in [-0.2, -0.15) is 0 Å². The number of ether oxygens (including phenoxy) is 3. The van der Waals surface area contributed by atoms with Gasteiger partial charge in [-0.25, -0.2) is 0 Å². The van der Waals surface area contributed by atoms with Gasteiger partial charge in [0.15, 0.2) is 11.5 Å². The molecule has 1 fully saturated rings. The van der Waals surface area contributed by atoms with Crippen LogP contribution >= 0.6 is 11.9 Å². The van der Waals surface area contributed by atoms with Crippen LogP contribution in [0.3, 0.4) is 0 Å². The molecule has 0 spiro atoms. The number of benzene rings is 2. The fourth-order valence-electron chi connectivity index (χ4n) is 3.70. The summed E-state index contributed by atoms with van der Waals surface area (Å²) < 4.78 is 18.9. The van der Waals surface area contributed by atoms with E-state index in [1.165, 1.54) is 16.2 Å². The molecule has 0 bridgehead atoms. The summed E-state index contributed by atoms with van der Waals surface area (Å²) in [6.07, 6.45) is 2.13. The molecule has 152 valence electrons. The first-order chi connectivity index (χ1) is 14.3. The van der Waals surface area contributed by atoms with E-state index >= 15 is 0 Å². The molecule has 0 aliphatic carbocycles. The standard InChI is InChI=1S/C23H26N2O3S/c1-26-21-11-10-18(17-22(21)27-2)23(24-13-15-28-16-14-24)20-9-6-12-25(20)29-19-7-4-3-5-8-19/h3-12,17,23H,13-16H2,1-2H3. The fourth-order valence-corrected chi connectivity index (χ4v) is 4.60. The van der Waals surface area contributed by atoms with Crippen LogP contribution in [0.4, 0.5) is 0 Å². The smallest absolute Gasteiger partial charge is 0.161 e. The summed E-state index contributed by atoms with van der Waals surface area (Å²) in [6.45, 7) is 3.27. The molecule has 29 heavy (non-hydrogen) atoms. The number of methoxy groups -OCH3 is 2. The normalized spacial score (nSPS) is 15.8. The minimum atomic E-state index is 0.102. The van der Waals surface area contributed by atoms with Crippen LogP contribution in [0, 0.1) is 0 Å². The summed E-state index contributed by atoms with van der Waals surface area (Å²) in [6, 6.07) is 21.1. The van der Waals surface area contributed by atoms with E-state index in [2.05, 4.69) is 63.6 Å². The predicted octanol–water partition coefficient (Wildman–Crippen LogP) is 4.48. The first kappa shape index (κ1) is 19.9. The first-order valence-electron chi connectivity index (χ1n) is 9.74.